The number of nitrogens with zero attached hydrogens (tertiary/aromatic N) is 4. The molecule has 2 amide bonds. The number of amides is 2. The predicted molar refractivity (Wildman–Crippen MR) is 311 cm³/mol. The quantitative estimate of drug-likeness (QED) is 0.172. The van der Waals surface area contributed by atoms with Gasteiger partial charge in [0.15, 0.2) is 0 Å². The summed E-state index contributed by atoms with van der Waals surface area (Å²) in [7, 11) is 10.1. The minimum Gasteiger partial charge on any atom is -0.263 e. The predicted octanol–water partition coefficient (Wildman–Crippen LogP) is 6.82. The number of carbonyl (C=O) groups is 1. The molecular formula is C61H64B6N4O. The Kier molecular flexibility index (Phi) is 11.0. The third-order valence-corrected chi connectivity index (χ3v) is 20.3. The van der Waals surface area contributed by atoms with E-state index in [-0.39, 0.29) is 40.7 Å². The highest BCUT2D eigenvalue weighted by atomic mass is 16.2. The number of carbonyl (C=O) groups excluding carboxylic acids is 1. The van der Waals surface area contributed by atoms with Crippen molar-refractivity contribution in [3.63, 3.8) is 0 Å². The summed E-state index contributed by atoms with van der Waals surface area (Å²) in [6.07, 6.45) is 24.3. The molecule has 3 heterocycles. The second-order valence-electron chi connectivity index (χ2n) is 24.7. The molecule has 0 bridgehead atoms. The summed E-state index contributed by atoms with van der Waals surface area (Å²) in [5, 5.41) is 23.6. The summed E-state index contributed by atoms with van der Waals surface area (Å²) in [6.45, 7) is -0.298. The lowest BCUT2D eigenvalue weighted by atomic mass is 9.30. The first kappa shape index (κ1) is 46.0. The zero-order chi connectivity index (χ0) is 49.1. The fourth-order valence-electron chi connectivity index (χ4n) is 16.4. The summed E-state index contributed by atoms with van der Waals surface area (Å²) in [5.41, 5.74) is 17.9. The highest BCUT2D eigenvalue weighted by Gasteiger charge is 2.52. The molecular weight excluding hydrogens is 870 g/mol. The highest BCUT2D eigenvalue weighted by molar-refractivity contribution is 7.00. The second kappa shape index (κ2) is 17.2. The first-order chi connectivity index (χ1) is 35.0. The molecule has 6 aromatic carbocycles. The van der Waals surface area contributed by atoms with Gasteiger partial charge < -0.3 is 0 Å². The molecule has 0 N–H and O–H groups in total. The van der Waals surface area contributed by atoms with Gasteiger partial charge in [0.2, 0.25) is 13.4 Å². The standard InChI is InChI=1S/C61H64B6N4O/c62-58(27-5-1-6-28-58)42-15-13-16-43(59(63)29-7-2-8-30-59)53(42)66-46-23-19-39(37-68)35-50(46)70-55-48(66)25-21-41-22-26-49-56(52(41)55)71(57(70)72)51-36-40(38-69)20-24-47(51)67(49)54-44(60(64)31-9-3-10-32-60)17-14-18-45(54)61(65)33-11-4-12-34-61/h13-26,35-36H,1-12,27-34,62-65H2. The zero-order valence-corrected chi connectivity index (χ0v) is 43.2. The van der Waals surface area contributed by atoms with Gasteiger partial charge in [-0.3, -0.25) is 9.80 Å². The van der Waals surface area contributed by atoms with Gasteiger partial charge in [-0.2, -0.15) is 10.5 Å². The van der Waals surface area contributed by atoms with Crippen molar-refractivity contribution in [3.05, 3.63) is 130 Å². The van der Waals surface area contributed by atoms with E-state index in [0.29, 0.717) is 11.1 Å². The third-order valence-electron chi connectivity index (χ3n) is 20.3. The molecule has 0 unspecified atom stereocenters. The molecule has 13 rings (SSSR count). The molecule has 4 saturated carbocycles. The minimum atomic E-state index is -0.149. The van der Waals surface area contributed by atoms with E-state index in [2.05, 4.69) is 116 Å². The minimum absolute atomic E-state index is 0.0167. The van der Waals surface area contributed by atoms with Gasteiger partial charge in [-0.25, -0.2) is 4.79 Å². The van der Waals surface area contributed by atoms with Crippen molar-refractivity contribution in [1.29, 1.82) is 10.5 Å². The fourth-order valence-corrected chi connectivity index (χ4v) is 16.4. The van der Waals surface area contributed by atoms with Gasteiger partial charge in [0.05, 0.1) is 34.6 Å². The SMILES string of the molecule is BC1(c2cccc(C3(B)CCCCC3)c2B2c3ccc(C#N)cc3N3C(=O)N4c5cc(C#N)ccc5B(c5c(C6(B)CCCCC6)cccc5C5(B)CCCCC5)c5ccc6ccc2c3c6c54)CCCCC1. The van der Waals surface area contributed by atoms with Crippen LogP contribution in [-0.2, 0) is 21.3 Å². The Morgan fingerprint density at radius 3 is 1.07 bits per heavy atom. The summed E-state index contributed by atoms with van der Waals surface area (Å²) in [5.74, 6) is 0. The van der Waals surface area contributed by atoms with E-state index in [4.69, 9.17) is 0 Å². The van der Waals surface area contributed by atoms with Crippen LogP contribution in [0.5, 0.6) is 0 Å². The van der Waals surface area contributed by atoms with Crippen molar-refractivity contribution in [2.75, 3.05) is 9.80 Å². The third kappa shape index (κ3) is 6.80. The topological polar surface area (TPSA) is 71.1 Å². The van der Waals surface area contributed by atoms with Crippen LogP contribution in [0.1, 0.15) is 162 Å². The molecule has 4 fully saturated rings. The molecule has 5 nitrogen and oxygen atoms in total. The van der Waals surface area contributed by atoms with Crippen LogP contribution in [0.25, 0.3) is 10.8 Å². The van der Waals surface area contributed by atoms with Crippen molar-refractivity contribution in [2.24, 2.45) is 0 Å². The van der Waals surface area contributed by atoms with Crippen molar-refractivity contribution in [2.45, 2.75) is 150 Å². The van der Waals surface area contributed by atoms with Gasteiger partial charge in [0, 0.05) is 16.8 Å². The van der Waals surface area contributed by atoms with Crippen LogP contribution in [0.15, 0.2) is 97.1 Å². The van der Waals surface area contributed by atoms with E-state index in [1.165, 1.54) is 121 Å². The lowest BCUT2D eigenvalue weighted by molar-refractivity contribution is 0.255. The van der Waals surface area contributed by atoms with Crippen LogP contribution in [-0.4, -0.2) is 50.8 Å². The number of rotatable bonds is 6. The lowest BCUT2D eigenvalue weighted by Gasteiger charge is -2.48. The van der Waals surface area contributed by atoms with E-state index in [0.717, 1.165) is 95.8 Å². The Balaban J connectivity index is 1.14. The second-order valence-corrected chi connectivity index (χ2v) is 24.7. The monoisotopic (exact) mass is 935 g/mol. The van der Waals surface area contributed by atoms with Crippen molar-refractivity contribution in [1.82, 2.24) is 0 Å². The molecule has 72 heavy (non-hydrogen) atoms. The molecule has 0 radical (unpaired) electrons. The molecule has 0 atom stereocenters. The van der Waals surface area contributed by atoms with Gasteiger partial charge in [-0.05, 0) is 72.8 Å². The molecule has 7 aliphatic rings. The van der Waals surface area contributed by atoms with Gasteiger partial charge in [0.1, 0.15) is 31.4 Å². The lowest BCUT2D eigenvalue weighted by Crippen LogP contribution is -2.66. The number of fused-ring (bicyclic) bond motifs is 4. The van der Waals surface area contributed by atoms with Crippen molar-refractivity contribution in [3.8, 4) is 12.1 Å². The fraction of sp³-hybridized carbons (Fsp3) is 0.393. The Morgan fingerprint density at radius 2 is 0.750 bits per heavy atom. The molecule has 0 saturated heterocycles. The number of anilines is 4. The van der Waals surface area contributed by atoms with Crippen LogP contribution in [0.2, 0.25) is 0 Å². The van der Waals surface area contributed by atoms with Gasteiger partial charge in [-0.15, -0.1) is 0 Å². The Morgan fingerprint density at radius 1 is 0.431 bits per heavy atom. The largest absolute Gasteiger partial charge is 0.338 e. The summed E-state index contributed by atoms with van der Waals surface area (Å²) in [4.78, 5) is 20.5. The maximum atomic E-state index is 16.5. The van der Waals surface area contributed by atoms with Gasteiger partial charge in [-0.1, -0.05) is 234 Å². The number of hydrogen-bond acceptors (Lipinski definition) is 3. The Bertz CT molecular complexity index is 3030. The van der Waals surface area contributed by atoms with Crippen LogP contribution in [0, 0.1) is 22.7 Å². The van der Waals surface area contributed by atoms with E-state index in [1.807, 2.05) is 34.1 Å². The molecule has 4 aliphatic carbocycles. The first-order valence-electron chi connectivity index (χ1n) is 28.1. The van der Waals surface area contributed by atoms with Crippen LogP contribution < -0.4 is 42.6 Å². The maximum absolute atomic E-state index is 16.5. The van der Waals surface area contributed by atoms with Gasteiger partial charge >= 0.3 is 6.03 Å². The first-order valence-corrected chi connectivity index (χ1v) is 28.1. The van der Waals surface area contributed by atoms with E-state index in [1.54, 1.807) is 0 Å². The van der Waals surface area contributed by atoms with Crippen LogP contribution in [0.4, 0.5) is 27.5 Å². The Hall–Kier alpha value is -5.78. The molecule has 0 spiro atoms. The number of benzene rings is 6. The molecule has 0 aromatic heterocycles. The van der Waals surface area contributed by atoms with Gasteiger partial charge in [0.25, 0.3) is 0 Å². The average molecular weight is 934 g/mol. The smallest absolute Gasteiger partial charge is 0.263 e. The van der Waals surface area contributed by atoms with Crippen molar-refractivity contribution < 1.29 is 4.79 Å². The van der Waals surface area contributed by atoms with Crippen LogP contribution in [0.3, 0.4) is 0 Å². The molecule has 11 heteroatoms. The van der Waals surface area contributed by atoms with E-state index >= 15 is 4.79 Å². The number of urea groups is 1. The van der Waals surface area contributed by atoms with E-state index < -0.39 is 0 Å². The van der Waals surface area contributed by atoms with E-state index in [9.17, 15) is 10.5 Å². The summed E-state index contributed by atoms with van der Waals surface area (Å²) < 4.78 is 0. The summed E-state index contributed by atoms with van der Waals surface area (Å²) in [6, 6.07) is 41.2. The van der Waals surface area contributed by atoms with Crippen molar-refractivity contribution >= 4 is 117 Å². The zero-order valence-electron chi connectivity index (χ0n) is 43.2. The average Bonchev–Trinajstić information content (AvgIpc) is 3.41. The normalized spacial score (nSPS) is 21.1. The summed E-state index contributed by atoms with van der Waals surface area (Å²) >= 11 is 0. The Labute approximate surface area is 432 Å². The molecule has 3 aliphatic heterocycles. The molecule has 352 valence electrons. The number of hydrogen-bond donors (Lipinski definition) is 0. The highest BCUT2D eigenvalue weighted by Crippen LogP contribution is 2.50. The van der Waals surface area contributed by atoms with Crippen LogP contribution >= 0.6 is 0 Å². The maximum Gasteiger partial charge on any atom is 0.338 e. The number of nitriles is 2. The molecule has 6 aromatic rings.